The summed E-state index contributed by atoms with van der Waals surface area (Å²) in [6, 6.07) is 5.66. The molecular formula is C12H17ClN2O5. The van der Waals surface area contributed by atoms with Crippen LogP contribution in [0.2, 0.25) is 0 Å². The van der Waals surface area contributed by atoms with E-state index in [1.165, 1.54) is 6.07 Å². The fraction of sp³-hybridized carbons (Fsp3) is 0.417. The maximum Gasteiger partial charge on any atom is 0.328 e. The van der Waals surface area contributed by atoms with E-state index in [9.17, 15) is 14.9 Å². The summed E-state index contributed by atoms with van der Waals surface area (Å²) in [4.78, 5) is 25.9. The van der Waals surface area contributed by atoms with Gasteiger partial charge in [-0.1, -0.05) is 25.5 Å². The van der Waals surface area contributed by atoms with E-state index in [0.29, 0.717) is 17.7 Å². The minimum absolute atomic E-state index is 0. The van der Waals surface area contributed by atoms with Crippen molar-refractivity contribution >= 4 is 18.4 Å². The lowest BCUT2D eigenvalue weighted by molar-refractivity contribution is -0.763. The second kappa shape index (κ2) is 9.11. The highest BCUT2D eigenvalue weighted by molar-refractivity contribution is 5.85. The lowest BCUT2D eigenvalue weighted by Gasteiger charge is -2.10. The van der Waals surface area contributed by atoms with Crippen LogP contribution >= 0.6 is 12.4 Å². The Labute approximate surface area is 122 Å². The molecule has 2 N–H and O–H groups in total. The molecule has 0 aliphatic carbocycles. The van der Waals surface area contributed by atoms with E-state index in [-0.39, 0.29) is 19.0 Å². The highest BCUT2D eigenvalue weighted by Crippen LogP contribution is 2.15. The summed E-state index contributed by atoms with van der Waals surface area (Å²) in [6.07, 6.45) is 1.33. The minimum Gasteiger partial charge on any atom is -0.425 e. The van der Waals surface area contributed by atoms with Gasteiger partial charge in [0.2, 0.25) is 0 Å². The number of rotatable bonds is 7. The van der Waals surface area contributed by atoms with E-state index < -0.39 is 17.1 Å². The number of nitrogens with two attached hydrogens (primary N) is 1. The van der Waals surface area contributed by atoms with E-state index in [1.807, 2.05) is 6.92 Å². The third kappa shape index (κ3) is 6.35. The van der Waals surface area contributed by atoms with Crippen molar-refractivity contribution in [3.05, 3.63) is 39.9 Å². The molecule has 0 aliphatic heterocycles. The van der Waals surface area contributed by atoms with E-state index in [2.05, 4.69) is 4.84 Å². The second-order valence-corrected chi connectivity index (χ2v) is 3.96. The van der Waals surface area contributed by atoms with E-state index in [4.69, 9.17) is 10.5 Å². The number of ether oxygens (including phenoxy) is 1. The number of benzene rings is 1. The third-order valence-electron chi connectivity index (χ3n) is 2.36. The normalized spacial score (nSPS) is 11.1. The van der Waals surface area contributed by atoms with Crippen molar-refractivity contribution in [2.45, 2.75) is 32.4 Å². The van der Waals surface area contributed by atoms with Crippen LogP contribution in [-0.4, -0.2) is 17.1 Å². The van der Waals surface area contributed by atoms with Crippen LogP contribution in [0, 0.1) is 10.1 Å². The first-order valence-electron chi connectivity index (χ1n) is 5.86. The van der Waals surface area contributed by atoms with E-state index in [1.54, 1.807) is 18.2 Å². The lowest BCUT2D eigenvalue weighted by atomic mass is 10.2. The fourth-order valence-electron chi connectivity index (χ4n) is 1.45. The molecule has 20 heavy (non-hydrogen) atoms. The van der Waals surface area contributed by atoms with Gasteiger partial charge in [0.1, 0.15) is 18.4 Å². The first kappa shape index (κ1) is 18.1. The summed E-state index contributed by atoms with van der Waals surface area (Å²) in [7, 11) is 0. The van der Waals surface area contributed by atoms with Gasteiger partial charge >= 0.3 is 5.97 Å². The summed E-state index contributed by atoms with van der Waals surface area (Å²) in [5, 5.41) is 9.20. The van der Waals surface area contributed by atoms with Gasteiger partial charge in [-0.05, 0) is 24.1 Å². The smallest absolute Gasteiger partial charge is 0.328 e. The summed E-state index contributed by atoms with van der Waals surface area (Å²) in [5.74, 6) is -0.227. The molecule has 0 saturated heterocycles. The van der Waals surface area contributed by atoms with Gasteiger partial charge in [-0.3, -0.25) is 0 Å². The molecule has 1 aromatic rings. The average Bonchev–Trinajstić information content (AvgIpc) is 2.37. The Hall–Kier alpha value is -1.86. The van der Waals surface area contributed by atoms with Crippen LogP contribution < -0.4 is 10.5 Å². The van der Waals surface area contributed by atoms with Crippen molar-refractivity contribution in [2.24, 2.45) is 5.73 Å². The van der Waals surface area contributed by atoms with Crippen molar-refractivity contribution in [2.75, 3.05) is 0 Å². The topological polar surface area (TPSA) is 105 Å². The molecule has 1 atom stereocenters. The zero-order valence-corrected chi connectivity index (χ0v) is 11.8. The maximum atomic E-state index is 11.6. The molecule has 0 saturated carbocycles. The SMILES string of the molecule is CCCC(N)C(=O)Oc1cccc(CO[N+](=O)[O-])c1.Cl. The van der Waals surface area contributed by atoms with Crippen molar-refractivity contribution in [3.63, 3.8) is 0 Å². The Balaban J connectivity index is 0.00000361. The average molecular weight is 305 g/mol. The Bertz CT molecular complexity index is 455. The second-order valence-electron chi connectivity index (χ2n) is 3.96. The molecule has 8 heteroatoms. The number of hydrogen-bond acceptors (Lipinski definition) is 6. The van der Waals surface area contributed by atoms with Crippen molar-refractivity contribution in [3.8, 4) is 5.75 Å². The van der Waals surface area contributed by atoms with Crippen molar-refractivity contribution in [1.82, 2.24) is 0 Å². The van der Waals surface area contributed by atoms with Crippen LogP contribution in [0.25, 0.3) is 0 Å². The zero-order valence-electron chi connectivity index (χ0n) is 11.0. The van der Waals surface area contributed by atoms with Crippen molar-refractivity contribution in [1.29, 1.82) is 0 Å². The first-order valence-corrected chi connectivity index (χ1v) is 5.86. The predicted molar refractivity (Wildman–Crippen MR) is 74.0 cm³/mol. The highest BCUT2D eigenvalue weighted by Gasteiger charge is 2.14. The fourth-order valence-corrected chi connectivity index (χ4v) is 1.45. The van der Waals surface area contributed by atoms with Gasteiger partial charge in [-0.2, -0.15) is 0 Å². The van der Waals surface area contributed by atoms with Crippen LogP contribution in [0.4, 0.5) is 0 Å². The first-order chi connectivity index (χ1) is 9.02. The molecule has 0 fully saturated rings. The predicted octanol–water partition coefficient (Wildman–Crippen LogP) is 1.85. The number of halogens is 1. The van der Waals surface area contributed by atoms with Gasteiger partial charge in [0.05, 0.1) is 0 Å². The van der Waals surface area contributed by atoms with Crippen LogP contribution in [0.3, 0.4) is 0 Å². The number of hydrogen-bond donors (Lipinski definition) is 1. The summed E-state index contributed by atoms with van der Waals surface area (Å²) in [6.45, 7) is 1.72. The quantitative estimate of drug-likeness (QED) is 0.357. The molecule has 0 aliphatic rings. The number of carbonyl (C=O) groups is 1. The largest absolute Gasteiger partial charge is 0.425 e. The number of nitrogens with zero attached hydrogens (tertiary/aromatic N) is 1. The number of esters is 1. The van der Waals surface area contributed by atoms with E-state index >= 15 is 0 Å². The molecule has 1 unspecified atom stereocenters. The summed E-state index contributed by atoms with van der Waals surface area (Å²) in [5.41, 5.74) is 6.16. The highest BCUT2D eigenvalue weighted by atomic mass is 35.5. The van der Waals surface area contributed by atoms with Crippen LogP contribution in [0.5, 0.6) is 5.75 Å². The van der Waals surface area contributed by atoms with Gasteiger partial charge in [0.25, 0.3) is 5.09 Å². The lowest BCUT2D eigenvalue weighted by Crippen LogP contribution is -2.33. The molecule has 1 aromatic carbocycles. The molecule has 0 heterocycles. The molecule has 7 nitrogen and oxygen atoms in total. The molecule has 112 valence electrons. The monoisotopic (exact) mass is 304 g/mol. The molecular weight excluding hydrogens is 288 g/mol. The Kier molecular flexibility index (Phi) is 8.26. The third-order valence-corrected chi connectivity index (χ3v) is 2.36. The minimum atomic E-state index is -0.879. The van der Waals surface area contributed by atoms with Gasteiger partial charge in [-0.25, -0.2) is 4.79 Å². The molecule has 0 bridgehead atoms. The molecule has 0 amide bonds. The van der Waals surface area contributed by atoms with Gasteiger partial charge in [-0.15, -0.1) is 22.5 Å². The molecule has 0 aromatic heterocycles. The van der Waals surface area contributed by atoms with Crippen molar-refractivity contribution < 1.29 is 19.5 Å². The maximum absolute atomic E-state index is 11.6. The van der Waals surface area contributed by atoms with Crippen LogP contribution in [0.15, 0.2) is 24.3 Å². The van der Waals surface area contributed by atoms with Crippen LogP contribution in [-0.2, 0) is 16.2 Å². The Morgan fingerprint density at radius 2 is 2.20 bits per heavy atom. The van der Waals surface area contributed by atoms with Gasteiger partial charge < -0.3 is 15.3 Å². The van der Waals surface area contributed by atoms with Gasteiger partial charge in [0, 0.05) is 0 Å². The summed E-state index contributed by atoms with van der Waals surface area (Å²) < 4.78 is 5.09. The van der Waals surface area contributed by atoms with E-state index in [0.717, 1.165) is 6.42 Å². The molecule has 0 spiro atoms. The zero-order chi connectivity index (χ0) is 14.3. The van der Waals surface area contributed by atoms with Gasteiger partial charge in [0.15, 0.2) is 0 Å². The standard InChI is InChI=1S/C12H16N2O5.ClH/c1-2-4-11(13)12(15)19-10-6-3-5-9(7-10)8-18-14(16)17;/h3,5-7,11H,2,4,8,13H2,1H3;1H. The molecule has 0 radical (unpaired) electrons. The molecule has 1 rings (SSSR count). The number of carbonyl (C=O) groups excluding carboxylic acids is 1. The van der Waals surface area contributed by atoms with Crippen LogP contribution in [0.1, 0.15) is 25.3 Å². The Morgan fingerprint density at radius 3 is 2.80 bits per heavy atom. The Morgan fingerprint density at radius 1 is 1.50 bits per heavy atom. The summed E-state index contributed by atoms with van der Waals surface area (Å²) >= 11 is 0.